The van der Waals surface area contributed by atoms with Gasteiger partial charge in [0, 0.05) is 31.7 Å². The molecule has 7 nitrogen and oxygen atoms in total. The summed E-state index contributed by atoms with van der Waals surface area (Å²) in [5.74, 6) is -1.28. The van der Waals surface area contributed by atoms with Crippen LogP contribution in [0.25, 0.3) is 0 Å². The largest absolute Gasteiger partial charge is 0.476 e. The summed E-state index contributed by atoms with van der Waals surface area (Å²) in [6.45, 7) is 2.69. The Labute approximate surface area is 115 Å². The summed E-state index contributed by atoms with van der Waals surface area (Å²) in [5.41, 5.74) is 1.40. The molecule has 20 heavy (non-hydrogen) atoms. The van der Waals surface area contributed by atoms with Gasteiger partial charge in [-0.05, 0) is 18.6 Å². The van der Waals surface area contributed by atoms with Gasteiger partial charge in [-0.25, -0.2) is 9.78 Å². The molecule has 0 radical (unpaired) electrons. The SMILES string of the molecule is Cc1cncc(C(=O)NCCn2cnc(C(=O)O)c2)c1. The Morgan fingerprint density at radius 3 is 2.85 bits per heavy atom. The minimum absolute atomic E-state index is 0.0146. The molecule has 2 heterocycles. The highest BCUT2D eigenvalue weighted by atomic mass is 16.4. The molecule has 0 aliphatic carbocycles. The Balaban J connectivity index is 1.86. The van der Waals surface area contributed by atoms with Crippen molar-refractivity contribution >= 4 is 11.9 Å². The zero-order valence-electron chi connectivity index (χ0n) is 10.9. The zero-order valence-corrected chi connectivity index (χ0v) is 10.9. The Hall–Kier alpha value is -2.70. The molecule has 0 bridgehead atoms. The molecule has 0 saturated carbocycles. The highest BCUT2D eigenvalue weighted by Crippen LogP contribution is 2.01. The van der Waals surface area contributed by atoms with Crippen molar-refractivity contribution < 1.29 is 14.7 Å². The predicted molar refractivity (Wildman–Crippen MR) is 70.5 cm³/mol. The molecule has 0 aliphatic rings. The number of aromatic carboxylic acids is 1. The average molecular weight is 274 g/mol. The first kappa shape index (κ1) is 13.7. The fourth-order valence-electron chi connectivity index (χ4n) is 1.67. The number of nitrogens with zero attached hydrogens (tertiary/aromatic N) is 3. The molecule has 0 fully saturated rings. The number of carboxylic acid groups (broad SMARTS) is 1. The number of pyridine rings is 1. The van der Waals surface area contributed by atoms with Gasteiger partial charge in [-0.1, -0.05) is 0 Å². The van der Waals surface area contributed by atoms with Crippen LogP contribution >= 0.6 is 0 Å². The summed E-state index contributed by atoms with van der Waals surface area (Å²) in [5, 5.41) is 11.5. The van der Waals surface area contributed by atoms with Crippen LogP contribution in [0.1, 0.15) is 26.4 Å². The topological polar surface area (TPSA) is 97.1 Å². The average Bonchev–Trinajstić information content (AvgIpc) is 2.87. The molecule has 7 heteroatoms. The van der Waals surface area contributed by atoms with E-state index in [1.54, 1.807) is 16.8 Å². The normalized spacial score (nSPS) is 10.2. The number of carbonyl (C=O) groups excluding carboxylic acids is 1. The third-order valence-corrected chi connectivity index (χ3v) is 2.65. The van der Waals surface area contributed by atoms with Crippen molar-refractivity contribution in [1.82, 2.24) is 19.9 Å². The van der Waals surface area contributed by atoms with E-state index in [0.717, 1.165) is 5.56 Å². The van der Waals surface area contributed by atoms with Gasteiger partial charge < -0.3 is 15.0 Å². The zero-order chi connectivity index (χ0) is 14.5. The first-order chi connectivity index (χ1) is 9.56. The van der Waals surface area contributed by atoms with E-state index in [1.807, 2.05) is 6.92 Å². The molecular weight excluding hydrogens is 260 g/mol. The van der Waals surface area contributed by atoms with Gasteiger partial charge in [0.25, 0.3) is 5.91 Å². The lowest BCUT2D eigenvalue weighted by atomic mass is 10.2. The maximum absolute atomic E-state index is 11.8. The molecule has 2 aromatic heterocycles. The lowest BCUT2D eigenvalue weighted by Gasteiger charge is -2.06. The van der Waals surface area contributed by atoms with Gasteiger partial charge in [0.1, 0.15) is 0 Å². The number of aryl methyl sites for hydroxylation is 1. The number of hydrogen-bond acceptors (Lipinski definition) is 4. The molecule has 0 atom stereocenters. The monoisotopic (exact) mass is 274 g/mol. The smallest absolute Gasteiger partial charge is 0.356 e. The van der Waals surface area contributed by atoms with Gasteiger partial charge in [0.05, 0.1) is 11.9 Å². The number of hydrogen-bond donors (Lipinski definition) is 2. The molecule has 0 aromatic carbocycles. The van der Waals surface area contributed by atoms with E-state index in [2.05, 4.69) is 15.3 Å². The number of nitrogens with one attached hydrogen (secondary N) is 1. The van der Waals surface area contributed by atoms with Crippen molar-refractivity contribution in [2.75, 3.05) is 6.54 Å². The maximum atomic E-state index is 11.8. The van der Waals surface area contributed by atoms with Crippen LogP contribution in [0, 0.1) is 6.92 Å². The van der Waals surface area contributed by atoms with Crippen LogP contribution in [0.5, 0.6) is 0 Å². The first-order valence-electron chi connectivity index (χ1n) is 6.01. The van der Waals surface area contributed by atoms with Crippen molar-refractivity contribution in [3.63, 3.8) is 0 Å². The van der Waals surface area contributed by atoms with Crippen LogP contribution < -0.4 is 5.32 Å². The van der Waals surface area contributed by atoms with E-state index in [1.165, 1.54) is 18.7 Å². The second-order valence-electron chi connectivity index (χ2n) is 4.31. The summed E-state index contributed by atoms with van der Waals surface area (Å²) >= 11 is 0. The second kappa shape index (κ2) is 5.96. The Morgan fingerprint density at radius 2 is 2.20 bits per heavy atom. The lowest BCUT2D eigenvalue weighted by molar-refractivity contribution is 0.0690. The maximum Gasteiger partial charge on any atom is 0.356 e. The molecule has 1 amide bonds. The van der Waals surface area contributed by atoms with Crippen LogP contribution in [-0.4, -0.2) is 38.1 Å². The first-order valence-corrected chi connectivity index (χ1v) is 6.01. The van der Waals surface area contributed by atoms with Crippen LogP contribution in [0.4, 0.5) is 0 Å². The van der Waals surface area contributed by atoms with Crippen LogP contribution in [0.2, 0.25) is 0 Å². The highest BCUT2D eigenvalue weighted by molar-refractivity contribution is 5.93. The number of imidazole rings is 1. The van der Waals surface area contributed by atoms with Crippen LogP contribution in [0.3, 0.4) is 0 Å². The van der Waals surface area contributed by atoms with Gasteiger partial charge >= 0.3 is 5.97 Å². The van der Waals surface area contributed by atoms with Crippen LogP contribution in [-0.2, 0) is 6.54 Å². The van der Waals surface area contributed by atoms with Gasteiger partial charge in [0.15, 0.2) is 5.69 Å². The summed E-state index contributed by atoms with van der Waals surface area (Å²) in [6.07, 6.45) is 6.02. The number of carbonyl (C=O) groups is 2. The molecule has 2 rings (SSSR count). The summed E-state index contributed by atoms with van der Waals surface area (Å²) in [4.78, 5) is 30.2. The van der Waals surface area contributed by atoms with Gasteiger partial charge in [-0.3, -0.25) is 9.78 Å². The van der Waals surface area contributed by atoms with Crippen molar-refractivity contribution in [3.05, 3.63) is 47.8 Å². The van der Waals surface area contributed by atoms with E-state index >= 15 is 0 Å². The third-order valence-electron chi connectivity index (χ3n) is 2.65. The quantitative estimate of drug-likeness (QED) is 0.837. The van der Waals surface area contributed by atoms with E-state index < -0.39 is 5.97 Å². The van der Waals surface area contributed by atoms with E-state index in [4.69, 9.17) is 5.11 Å². The van der Waals surface area contributed by atoms with Crippen molar-refractivity contribution in [2.24, 2.45) is 0 Å². The van der Waals surface area contributed by atoms with E-state index in [-0.39, 0.29) is 11.6 Å². The van der Waals surface area contributed by atoms with E-state index in [0.29, 0.717) is 18.7 Å². The number of rotatable bonds is 5. The Bertz CT molecular complexity index is 636. The van der Waals surface area contributed by atoms with Crippen molar-refractivity contribution in [1.29, 1.82) is 0 Å². The molecule has 0 spiro atoms. The minimum Gasteiger partial charge on any atom is -0.476 e. The molecule has 2 aromatic rings. The fourth-order valence-corrected chi connectivity index (χ4v) is 1.67. The molecular formula is C13H14N4O3. The summed E-state index contributed by atoms with van der Waals surface area (Å²) < 4.78 is 1.61. The summed E-state index contributed by atoms with van der Waals surface area (Å²) in [7, 11) is 0. The Morgan fingerprint density at radius 1 is 1.40 bits per heavy atom. The molecule has 0 aliphatic heterocycles. The molecule has 2 N–H and O–H groups in total. The van der Waals surface area contributed by atoms with Gasteiger partial charge in [-0.15, -0.1) is 0 Å². The fraction of sp³-hybridized carbons (Fsp3) is 0.231. The third kappa shape index (κ3) is 3.41. The minimum atomic E-state index is -1.07. The highest BCUT2D eigenvalue weighted by Gasteiger charge is 2.07. The number of carboxylic acids is 1. The summed E-state index contributed by atoms with van der Waals surface area (Å²) in [6, 6.07) is 1.75. The van der Waals surface area contributed by atoms with E-state index in [9.17, 15) is 9.59 Å². The second-order valence-corrected chi connectivity index (χ2v) is 4.31. The standard InChI is InChI=1S/C13H14N4O3/c1-9-4-10(6-14-5-9)12(18)15-2-3-17-7-11(13(19)20)16-8-17/h4-8H,2-3H2,1H3,(H,15,18)(H,19,20). The van der Waals surface area contributed by atoms with Gasteiger partial charge in [0.2, 0.25) is 0 Å². The molecule has 104 valence electrons. The van der Waals surface area contributed by atoms with Gasteiger partial charge in [-0.2, -0.15) is 0 Å². The molecule has 0 unspecified atom stereocenters. The van der Waals surface area contributed by atoms with Crippen LogP contribution in [0.15, 0.2) is 31.0 Å². The van der Waals surface area contributed by atoms with Crippen molar-refractivity contribution in [2.45, 2.75) is 13.5 Å². The number of aromatic nitrogens is 3. The predicted octanol–water partition coefficient (Wildman–Crippen LogP) is 0.715. The van der Waals surface area contributed by atoms with Crippen molar-refractivity contribution in [3.8, 4) is 0 Å². The Kier molecular flexibility index (Phi) is 4.09. The molecule has 0 saturated heterocycles. The lowest BCUT2D eigenvalue weighted by Crippen LogP contribution is -2.27. The number of amides is 1.